The van der Waals surface area contributed by atoms with Crippen molar-refractivity contribution in [1.82, 2.24) is 0 Å². The minimum atomic E-state index is -0.413. The Hall–Kier alpha value is -2.37. The highest BCUT2D eigenvalue weighted by molar-refractivity contribution is 5.58. The Kier molecular flexibility index (Phi) is 7.80. The van der Waals surface area contributed by atoms with Gasteiger partial charge in [-0.15, -0.1) is 0 Å². The normalized spacial score (nSPS) is 17.1. The molecule has 0 saturated carbocycles. The van der Waals surface area contributed by atoms with Crippen molar-refractivity contribution < 1.29 is 14.3 Å². The van der Waals surface area contributed by atoms with E-state index in [1.165, 1.54) is 7.05 Å². The number of nitrogens with two attached hydrogens (primary N) is 2. The third-order valence-corrected chi connectivity index (χ3v) is 4.03. The summed E-state index contributed by atoms with van der Waals surface area (Å²) in [6.45, 7) is 13.3. The number of rotatable bonds is 7. The van der Waals surface area contributed by atoms with Gasteiger partial charge in [0.2, 0.25) is 0 Å². The van der Waals surface area contributed by atoms with E-state index in [4.69, 9.17) is 15.2 Å². The Morgan fingerprint density at radius 2 is 1.96 bits per heavy atom. The molecule has 0 aliphatic carbocycles. The summed E-state index contributed by atoms with van der Waals surface area (Å²) in [5, 5.41) is 0. The van der Waals surface area contributed by atoms with E-state index in [0.717, 1.165) is 17.4 Å². The van der Waals surface area contributed by atoms with E-state index in [0.29, 0.717) is 23.7 Å². The molecule has 0 fully saturated rings. The molecule has 0 spiro atoms. The number of carbonyl (C=O) groups is 1. The molecule has 26 heavy (non-hydrogen) atoms. The maximum atomic E-state index is 11.1. The predicted octanol–water partition coefficient (Wildman–Crippen LogP) is 3.66. The average molecular weight is 358 g/mol. The Balaban J connectivity index is 0.00000163. The van der Waals surface area contributed by atoms with Crippen LogP contribution in [0.25, 0.3) is 0 Å². The highest BCUT2D eigenvalue weighted by Gasteiger charge is 2.25. The van der Waals surface area contributed by atoms with Crippen molar-refractivity contribution in [2.24, 2.45) is 16.9 Å². The fraction of sp³-hybridized carbons (Fsp3) is 0.381. The molecule has 0 bridgehead atoms. The van der Waals surface area contributed by atoms with Crippen molar-refractivity contribution in [1.29, 1.82) is 0 Å². The topological polar surface area (TPSA) is 87.6 Å². The van der Waals surface area contributed by atoms with Crippen LogP contribution in [0.1, 0.15) is 38.8 Å². The molecular formula is C21H30N2O3. The zero-order valence-electron chi connectivity index (χ0n) is 16.1. The molecular weight excluding hydrogens is 328 g/mol. The van der Waals surface area contributed by atoms with Gasteiger partial charge in [-0.2, -0.15) is 0 Å². The van der Waals surface area contributed by atoms with Gasteiger partial charge in [0, 0.05) is 22.6 Å². The second-order valence-corrected chi connectivity index (χ2v) is 6.75. The minimum Gasteiger partial charge on any atom is -0.491 e. The highest BCUT2D eigenvalue weighted by atomic mass is 16.5. The third-order valence-electron chi connectivity index (χ3n) is 4.03. The van der Waals surface area contributed by atoms with Gasteiger partial charge in [-0.1, -0.05) is 33.1 Å². The van der Waals surface area contributed by atoms with Crippen LogP contribution in [0.2, 0.25) is 0 Å². The first-order valence-corrected chi connectivity index (χ1v) is 8.58. The van der Waals surface area contributed by atoms with Gasteiger partial charge in [0.15, 0.2) is 0 Å². The summed E-state index contributed by atoms with van der Waals surface area (Å²) in [6.07, 6.45) is 4.81. The number of fused-ring (bicyclic) bond motifs is 1. The molecule has 1 aliphatic rings. The van der Waals surface area contributed by atoms with E-state index < -0.39 is 5.41 Å². The van der Waals surface area contributed by atoms with E-state index >= 15 is 0 Å². The molecule has 4 N–H and O–H groups in total. The van der Waals surface area contributed by atoms with Gasteiger partial charge >= 0.3 is 0 Å². The standard InChI is InChI=1S/C20H25NO3.CH5N/c1-6-15-17(7-2)24-18-10-14(8-9-16(18)19(15)21)23-13(3)11-20(4,5)12-22;1-2/h6-10,12-13,19H,1-2,11,21H2,3-5H3;2H2,1H3. The molecule has 2 unspecified atom stereocenters. The monoisotopic (exact) mass is 358 g/mol. The molecule has 1 aliphatic heterocycles. The molecule has 0 saturated heterocycles. The summed E-state index contributed by atoms with van der Waals surface area (Å²) in [6, 6.07) is 5.28. The largest absolute Gasteiger partial charge is 0.491 e. The molecule has 1 aromatic carbocycles. The van der Waals surface area contributed by atoms with Crippen LogP contribution in [0, 0.1) is 5.41 Å². The highest BCUT2D eigenvalue weighted by Crippen LogP contribution is 2.39. The summed E-state index contributed by atoms with van der Waals surface area (Å²) >= 11 is 0. The smallest absolute Gasteiger partial charge is 0.136 e. The van der Waals surface area contributed by atoms with Crippen molar-refractivity contribution in [3.05, 3.63) is 60.4 Å². The molecule has 2 rings (SSSR count). The number of aldehydes is 1. The van der Waals surface area contributed by atoms with Gasteiger partial charge in [-0.25, -0.2) is 0 Å². The maximum absolute atomic E-state index is 11.1. The predicted molar refractivity (Wildman–Crippen MR) is 106 cm³/mol. The van der Waals surface area contributed by atoms with Crippen LogP contribution in [0.4, 0.5) is 0 Å². The lowest BCUT2D eigenvalue weighted by Crippen LogP contribution is -2.24. The van der Waals surface area contributed by atoms with Gasteiger partial charge in [-0.05, 0) is 38.6 Å². The molecule has 142 valence electrons. The SMILES string of the molecule is C=CC1=C(C=C)C(N)c2ccc(OC(C)CC(C)(C)C=O)cc2O1.CN. The lowest BCUT2D eigenvalue weighted by Gasteiger charge is -2.27. The van der Waals surface area contributed by atoms with Gasteiger partial charge in [0.05, 0.1) is 12.1 Å². The van der Waals surface area contributed by atoms with Crippen LogP contribution < -0.4 is 20.9 Å². The lowest BCUT2D eigenvalue weighted by molar-refractivity contribution is -0.115. The Labute approximate surface area is 156 Å². The van der Waals surface area contributed by atoms with Crippen LogP contribution >= 0.6 is 0 Å². The number of benzene rings is 1. The van der Waals surface area contributed by atoms with Crippen LogP contribution in [-0.2, 0) is 4.79 Å². The lowest BCUT2D eigenvalue weighted by atomic mass is 9.89. The summed E-state index contributed by atoms with van der Waals surface area (Å²) in [7, 11) is 1.50. The number of hydrogen-bond acceptors (Lipinski definition) is 5. The molecule has 5 nitrogen and oxygen atoms in total. The summed E-state index contributed by atoms with van der Waals surface area (Å²) < 4.78 is 11.8. The van der Waals surface area contributed by atoms with Crippen molar-refractivity contribution >= 4 is 6.29 Å². The molecule has 1 heterocycles. The first-order valence-electron chi connectivity index (χ1n) is 8.58. The zero-order valence-corrected chi connectivity index (χ0v) is 16.1. The van der Waals surface area contributed by atoms with E-state index in [-0.39, 0.29) is 12.1 Å². The fourth-order valence-corrected chi connectivity index (χ4v) is 2.88. The second-order valence-electron chi connectivity index (χ2n) is 6.75. The zero-order chi connectivity index (χ0) is 19.9. The van der Waals surface area contributed by atoms with E-state index in [1.807, 2.05) is 39.0 Å². The van der Waals surface area contributed by atoms with Crippen LogP contribution in [0.3, 0.4) is 0 Å². The summed E-state index contributed by atoms with van der Waals surface area (Å²) in [4.78, 5) is 11.1. The van der Waals surface area contributed by atoms with E-state index in [9.17, 15) is 4.79 Å². The number of ether oxygens (including phenoxy) is 2. The average Bonchev–Trinajstić information content (AvgIpc) is 2.62. The van der Waals surface area contributed by atoms with Gasteiger partial charge in [-0.3, -0.25) is 0 Å². The molecule has 2 atom stereocenters. The Morgan fingerprint density at radius 3 is 2.50 bits per heavy atom. The Bertz CT molecular complexity index is 692. The maximum Gasteiger partial charge on any atom is 0.136 e. The molecule has 0 aromatic heterocycles. The van der Waals surface area contributed by atoms with E-state index in [1.54, 1.807) is 12.2 Å². The van der Waals surface area contributed by atoms with Crippen LogP contribution in [0.5, 0.6) is 11.5 Å². The summed E-state index contributed by atoms with van der Waals surface area (Å²) in [5.41, 5.74) is 12.1. The van der Waals surface area contributed by atoms with Crippen LogP contribution in [0.15, 0.2) is 54.8 Å². The number of allylic oxidation sites excluding steroid dienone is 1. The molecule has 5 heteroatoms. The minimum absolute atomic E-state index is 0.0985. The van der Waals surface area contributed by atoms with Crippen molar-refractivity contribution in [2.75, 3.05) is 7.05 Å². The third kappa shape index (κ3) is 5.07. The van der Waals surface area contributed by atoms with Gasteiger partial charge in [0.25, 0.3) is 0 Å². The van der Waals surface area contributed by atoms with Crippen molar-refractivity contribution in [2.45, 2.75) is 39.3 Å². The van der Waals surface area contributed by atoms with E-state index in [2.05, 4.69) is 18.9 Å². The number of hydrogen-bond donors (Lipinski definition) is 2. The second kappa shape index (κ2) is 9.36. The first kappa shape index (κ1) is 21.7. The Morgan fingerprint density at radius 1 is 1.31 bits per heavy atom. The quantitative estimate of drug-likeness (QED) is 0.726. The fourth-order valence-electron chi connectivity index (χ4n) is 2.88. The molecule has 0 amide bonds. The molecule has 1 aromatic rings. The first-order chi connectivity index (χ1) is 12.3. The van der Waals surface area contributed by atoms with Gasteiger partial charge < -0.3 is 25.7 Å². The van der Waals surface area contributed by atoms with Crippen LogP contribution in [-0.4, -0.2) is 19.4 Å². The van der Waals surface area contributed by atoms with Crippen molar-refractivity contribution in [3.63, 3.8) is 0 Å². The number of carbonyl (C=O) groups excluding carboxylic acids is 1. The molecule has 0 radical (unpaired) electrons. The van der Waals surface area contributed by atoms with Crippen molar-refractivity contribution in [3.8, 4) is 11.5 Å². The summed E-state index contributed by atoms with van der Waals surface area (Å²) in [5.74, 6) is 1.94. The van der Waals surface area contributed by atoms with Gasteiger partial charge in [0.1, 0.15) is 23.5 Å².